The van der Waals surface area contributed by atoms with Crippen molar-refractivity contribution in [2.45, 2.75) is 37.9 Å². The lowest BCUT2D eigenvalue weighted by atomic mass is 9.98. The molecule has 0 saturated carbocycles. The quantitative estimate of drug-likeness (QED) is 0.741. The van der Waals surface area contributed by atoms with Crippen LogP contribution in [0.2, 0.25) is 0 Å². The molecule has 2 bridgehead atoms. The molecule has 4 heteroatoms. The maximum atomic E-state index is 4.50. The van der Waals surface area contributed by atoms with E-state index < -0.39 is 0 Å². The van der Waals surface area contributed by atoms with Gasteiger partial charge >= 0.3 is 0 Å². The van der Waals surface area contributed by atoms with Crippen molar-refractivity contribution >= 4 is 11.2 Å². The highest BCUT2D eigenvalue weighted by atomic mass is 15.3. The summed E-state index contributed by atoms with van der Waals surface area (Å²) in [4.78, 5) is 7.16. The highest BCUT2D eigenvalue weighted by molar-refractivity contribution is 5.67. The summed E-state index contributed by atoms with van der Waals surface area (Å²) in [5.41, 5.74) is 4.88. The molecule has 2 aliphatic rings. The molecule has 4 nitrogen and oxygen atoms in total. The average molecular weight is 316 g/mol. The van der Waals surface area contributed by atoms with Crippen LogP contribution in [0.1, 0.15) is 30.5 Å². The van der Waals surface area contributed by atoms with E-state index in [-0.39, 0.29) is 0 Å². The van der Waals surface area contributed by atoms with Gasteiger partial charge in [0.1, 0.15) is 0 Å². The van der Waals surface area contributed by atoms with Crippen molar-refractivity contribution in [3.8, 4) is 0 Å². The van der Waals surface area contributed by atoms with Crippen molar-refractivity contribution in [2.24, 2.45) is 0 Å². The van der Waals surface area contributed by atoms with Crippen LogP contribution in [0.15, 0.2) is 60.9 Å². The fourth-order valence-electron chi connectivity index (χ4n) is 4.20. The standard InChI is InChI=1S/C20H20N4/c1-2-5-15(6-3-1)14-23-17-8-9-18(23)12-16(11-17)19-13-21-20-7-4-10-22-24(19)20/h1-7,10-11,13,17-18H,8-9,12,14H2. The van der Waals surface area contributed by atoms with E-state index in [1.165, 1.54) is 24.0 Å². The predicted molar refractivity (Wildman–Crippen MR) is 94.4 cm³/mol. The van der Waals surface area contributed by atoms with Crippen LogP contribution in [0.3, 0.4) is 0 Å². The molecular weight excluding hydrogens is 296 g/mol. The summed E-state index contributed by atoms with van der Waals surface area (Å²) in [6.07, 6.45) is 9.88. The zero-order valence-electron chi connectivity index (χ0n) is 13.5. The molecule has 0 radical (unpaired) electrons. The van der Waals surface area contributed by atoms with E-state index in [4.69, 9.17) is 0 Å². The van der Waals surface area contributed by atoms with Gasteiger partial charge in [0.2, 0.25) is 0 Å². The SMILES string of the molecule is C1=C(c2cnc3cccnn23)CC2CCC1N2Cc1ccccc1. The summed E-state index contributed by atoms with van der Waals surface area (Å²) in [6, 6.07) is 15.9. The molecule has 2 unspecified atom stereocenters. The Morgan fingerprint density at radius 3 is 2.83 bits per heavy atom. The van der Waals surface area contributed by atoms with Crippen molar-refractivity contribution in [2.75, 3.05) is 0 Å². The summed E-state index contributed by atoms with van der Waals surface area (Å²) < 4.78 is 1.97. The van der Waals surface area contributed by atoms with Crippen molar-refractivity contribution in [3.05, 3.63) is 72.2 Å². The summed E-state index contributed by atoms with van der Waals surface area (Å²) in [6.45, 7) is 1.05. The zero-order chi connectivity index (χ0) is 15.9. The van der Waals surface area contributed by atoms with Crippen molar-refractivity contribution in [1.29, 1.82) is 0 Å². The molecule has 0 amide bonds. The van der Waals surface area contributed by atoms with E-state index in [0.29, 0.717) is 12.1 Å². The molecule has 0 N–H and O–H groups in total. The first kappa shape index (κ1) is 13.9. The van der Waals surface area contributed by atoms with Gasteiger partial charge in [-0.05, 0) is 42.5 Å². The minimum atomic E-state index is 0.535. The lowest BCUT2D eigenvalue weighted by molar-refractivity contribution is 0.203. The predicted octanol–water partition coefficient (Wildman–Crippen LogP) is 3.55. The normalized spacial score (nSPS) is 23.6. The molecule has 1 fully saturated rings. The Kier molecular flexibility index (Phi) is 3.23. The summed E-state index contributed by atoms with van der Waals surface area (Å²) in [5.74, 6) is 0. The molecule has 1 saturated heterocycles. The smallest absolute Gasteiger partial charge is 0.154 e. The molecule has 120 valence electrons. The number of fused-ring (bicyclic) bond motifs is 3. The van der Waals surface area contributed by atoms with E-state index >= 15 is 0 Å². The Morgan fingerprint density at radius 2 is 1.96 bits per heavy atom. The number of nitrogens with zero attached hydrogens (tertiary/aromatic N) is 4. The number of hydrogen-bond acceptors (Lipinski definition) is 3. The Morgan fingerprint density at radius 1 is 1.04 bits per heavy atom. The van der Waals surface area contributed by atoms with E-state index in [9.17, 15) is 0 Å². The third-order valence-electron chi connectivity index (χ3n) is 5.35. The monoisotopic (exact) mass is 316 g/mol. The van der Waals surface area contributed by atoms with Gasteiger partial charge in [0, 0.05) is 24.8 Å². The second kappa shape index (κ2) is 5.56. The first-order valence-electron chi connectivity index (χ1n) is 8.68. The fraction of sp³-hybridized carbons (Fsp3) is 0.300. The molecule has 4 heterocycles. The molecule has 3 aromatic rings. The highest BCUT2D eigenvalue weighted by Crippen LogP contribution is 2.39. The topological polar surface area (TPSA) is 33.4 Å². The van der Waals surface area contributed by atoms with Gasteiger partial charge in [-0.2, -0.15) is 5.10 Å². The second-order valence-corrected chi connectivity index (χ2v) is 6.79. The Labute approximate surface area is 141 Å². The van der Waals surface area contributed by atoms with Crippen molar-refractivity contribution in [1.82, 2.24) is 19.5 Å². The first-order chi connectivity index (χ1) is 11.9. The fourth-order valence-corrected chi connectivity index (χ4v) is 4.20. The molecule has 2 aliphatic heterocycles. The van der Waals surface area contributed by atoms with Gasteiger partial charge in [-0.3, -0.25) is 4.90 Å². The molecule has 2 aromatic heterocycles. The van der Waals surface area contributed by atoms with Gasteiger partial charge in [-0.15, -0.1) is 0 Å². The van der Waals surface area contributed by atoms with Crippen LogP contribution < -0.4 is 0 Å². The van der Waals surface area contributed by atoms with Crippen molar-refractivity contribution < 1.29 is 0 Å². The average Bonchev–Trinajstić information content (AvgIpc) is 3.14. The van der Waals surface area contributed by atoms with Gasteiger partial charge < -0.3 is 0 Å². The molecule has 1 aromatic carbocycles. The van der Waals surface area contributed by atoms with Gasteiger partial charge in [0.15, 0.2) is 5.65 Å². The van der Waals surface area contributed by atoms with E-state index in [1.54, 1.807) is 0 Å². The van der Waals surface area contributed by atoms with E-state index in [1.807, 2.05) is 29.0 Å². The maximum Gasteiger partial charge on any atom is 0.154 e. The van der Waals surface area contributed by atoms with Gasteiger partial charge in [-0.1, -0.05) is 36.4 Å². The summed E-state index contributed by atoms with van der Waals surface area (Å²) >= 11 is 0. The molecule has 24 heavy (non-hydrogen) atoms. The molecule has 2 atom stereocenters. The summed E-state index contributed by atoms with van der Waals surface area (Å²) in [5, 5.41) is 4.47. The van der Waals surface area contributed by atoms with Crippen LogP contribution in [-0.4, -0.2) is 31.6 Å². The van der Waals surface area contributed by atoms with E-state index in [2.05, 4.69) is 51.4 Å². The van der Waals surface area contributed by atoms with Crippen LogP contribution in [-0.2, 0) is 6.54 Å². The van der Waals surface area contributed by atoms with Crippen LogP contribution in [0.25, 0.3) is 11.2 Å². The van der Waals surface area contributed by atoms with Crippen LogP contribution in [0.5, 0.6) is 0 Å². The number of imidazole rings is 1. The molecule has 0 spiro atoms. The van der Waals surface area contributed by atoms with Gasteiger partial charge in [-0.25, -0.2) is 9.50 Å². The summed E-state index contributed by atoms with van der Waals surface area (Å²) in [7, 11) is 0. The largest absolute Gasteiger partial charge is 0.289 e. The van der Waals surface area contributed by atoms with Gasteiger partial charge in [0.05, 0.1) is 11.9 Å². The Bertz CT molecular complexity index is 896. The third-order valence-corrected chi connectivity index (χ3v) is 5.35. The lowest BCUT2D eigenvalue weighted by Crippen LogP contribution is -2.37. The van der Waals surface area contributed by atoms with Crippen LogP contribution >= 0.6 is 0 Å². The second-order valence-electron chi connectivity index (χ2n) is 6.79. The van der Waals surface area contributed by atoms with Gasteiger partial charge in [0.25, 0.3) is 0 Å². The molecular formula is C20H20N4. The molecule has 0 aliphatic carbocycles. The Balaban J connectivity index is 1.46. The van der Waals surface area contributed by atoms with Crippen LogP contribution in [0, 0.1) is 0 Å². The number of hydrogen-bond donors (Lipinski definition) is 0. The maximum absolute atomic E-state index is 4.50. The van der Waals surface area contributed by atoms with Crippen LogP contribution in [0.4, 0.5) is 0 Å². The molecule has 5 rings (SSSR count). The minimum Gasteiger partial charge on any atom is -0.289 e. The highest BCUT2D eigenvalue weighted by Gasteiger charge is 2.37. The van der Waals surface area contributed by atoms with Crippen molar-refractivity contribution in [3.63, 3.8) is 0 Å². The van der Waals surface area contributed by atoms with E-state index in [0.717, 1.165) is 24.3 Å². The zero-order valence-corrected chi connectivity index (χ0v) is 13.5. The Hall–Kier alpha value is -2.46. The number of benzene rings is 1. The third kappa shape index (κ3) is 2.26. The number of rotatable bonds is 3. The lowest BCUT2D eigenvalue weighted by Gasteiger charge is -2.33. The number of aromatic nitrogens is 3. The minimum absolute atomic E-state index is 0.535. The first-order valence-corrected chi connectivity index (χ1v) is 8.68.